The van der Waals surface area contributed by atoms with Gasteiger partial charge in [-0.05, 0) is 31.1 Å². The summed E-state index contributed by atoms with van der Waals surface area (Å²) in [6, 6.07) is 9.90. The van der Waals surface area contributed by atoms with Crippen molar-refractivity contribution in [3.8, 4) is 11.3 Å². The van der Waals surface area contributed by atoms with Gasteiger partial charge in [-0.15, -0.1) is 11.3 Å². The topological polar surface area (TPSA) is 79.3 Å². The van der Waals surface area contributed by atoms with Crippen molar-refractivity contribution in [2.75, 3.05) is 5.32 Å². The molecule has 1 aromatic carbocycles. The summed E-state index contributed by atoms with van der Waals surface area (Å²) in [4.78, 5) is 30.5. The van der Waals surface area contributed by atoms with Crippen LogP contribution in [-0.4, -0.2) is 22.0 Å². The van der Waals surface area contributed by atoms with Crippen molar-refractivity contribution in [1.29, 1.82) is 0 Å². The summed E-state index contributed by atoms with van der Waals surface area (Å²) in [5.74, 6) is -2.33. The Labute approximate surface area is 162 Å². The molecule has 2 aromatic rings. The highest BCUT2D eigenvalue weighted by Gasteiger charge is 2.48. The lowest BCUT2D eigenvalue weighted by Gasteiger charge is -2.41. The molecule has 140 valence electrons. The predicted molar refractivity (Wildman–Crippen MR) is 106 cm³/mol. The van der Waals surface area contributed by atoms with E-state index in [1.54, 1.807) is 0 Å². The summed E-state index contributed by atoms with van der Waals surface area (Å²) in [5.41, 5.74) is 1.91. The number of carbonyl (C=O) groups is 2. The third-order valence-electron chi connectivity index (χ3n) is 5.63. The number of rotatable bonds is 5. The first-order valence-corrected chi connectivity index (χ1v) is 10.2. The molecule has 0 aliphatic heterocycles. The number of benzene rings is 1. The van der Waals surface area contributed by atoms with Crippen LogP contribution in [0.5, 0.6) is 0 Å². The number of fused-ring (bicyclic) bond motifs is 2. The monoisotopic (exact) mass is 382 g/mol. The van der Waals surface area contributed by atoms with Gasteiger partial charge in [-0.2, -0.15) is 0 Å². The van der Waals surface area contributed by atoms with Crippen molar-refractivity contribution in [2.45, 2.75) is 26.2 Å². The first-order valence-electron chi connectivity index (χ1n) is 9.35. The predicted octanol–water partition coefficient (Wildman–Crippen LogP) is 4.22. The molecule has 0 saturated heterocycles. The van der Waals surface area contributed by atoms with E-state index in [2.05, 4.69) is 17.2 Å². The first-order chi connectivity index (χ1) is 13.1. The van der Waals surface area contributed by atoms with Gasteiger partial charge in [0, 0.05) is 10.4 Å². The number of nitrogens with zero attached hydrogens (tertiary/aromatic N) is 1. The molecule has 1 saturated carbocycles. The summed E-state index contributed by atoms with van der Waals surface area (Å²) in [7, 11) is 0. The zero-order valence-electron chi connectivity index (χ0n) is 15.1. The first kappa shape index (κ1) is 17.9. The molecule has 0 unspecified atom stereocenters. The summed E-state index contributed by atoms with van der Waals surface area (Å²) >= 11 is 1.47. The number of amides is 1. The second kappa shape index (κ2) is 7.27. The number of nitrogens with one attached hydrogen (secondary N) is 1. The Morgan fingerprint density at radius 2 is 1.81 bits per heavy atom. The maximum Gasteiger partial charge on any atom is 0.307 e. The number of carboxylic acid groups (broad SMARTS) is 1. The maximum absolute atomic E-state index is 13.0. The van der Waals surface area contributed by atoms with Crippen LogP contribution in [-0.2, 0) is 16.0 Å². The Morgan fingerprint density at radius 1 is 1.15 bits per heavy atom. The summed E-state index contributed by atoms with van der Waals surface area (Å²) < 4.78 is 0. The average molecular weight is 382 g/mol. The number of carboxylic acids is 1. The molecule has 27 heavy (non-hydrogen) atoms. The van der Waals surface area contributed by atoms with E-state index in [0.717, 1.165) is 35.4 Å². The fourth-order valence-corrected chi connectivity index (χ4v) is 5.27. The van der Waals surface area contributed by atoms with Gasteiger partial charge in [0.2, 0.25) is 5.91 Å². The molecule has 3 aliphatic carbocycles. The molecule has 2 N–H and O–H groups in total. The zero-order chi connectivity index (χ0) is 19.0. The number of aliphatic carboxylic acids is 1. The normalized spacial score (nSPS) is 26.1. The second-order valence-electron chi connectivity index (χ2n) is 7.18. The fraction of sp³-hybridized carbons (Fsp3) is 0.381. The van der Waals surface area contributed by atoms with Crippen LogP contribution >= 0.6 is 11.3 Å². The fourth-order valence-electron chi connectivity index (χ4n) is 4.34. The molecule has 1 aromatic heterocycles. The number of aryl methyl sites for hydroxylation is 1. The van der Waals surface area contributed by atoms with Gasteiger partial charge in [-0.1, -0.05) is 49.4 Å². The standard InChI is InChI=1S/C21H22N2O3S/c1-2-15-18(14-6-4-3-5-7-14)22-21(27-15)23-19(24)16-12-8-10-13(11-9-12)17(16)20(25)26/h3-8,10,12-13,16-17H,2,9,11H2,1H3,(H,25,26)(H,22,23,24)/t12-,13+,16+,17+/m1/s1. The van der Waals surface area contributed by atoms with Gasteiger partial charge in [-0.25, -0.2) is 4.98 Å². The largest absolute Gasteiger partial charge is 0.481 e. The molecule has 5 rings (SSSR count). The smallest absolute Gasteiger partial charge is 0.307 e. The van der Waals surface area contributed by atoms with Crippen molar-refractivity contribution < 1.29 is 14.7 Å². The van der Waals surface area contributed by atoms with Crippen molar-refractivity contribution >= 4 is 28.3 Å². The van der Waals surface area contributed by atoms with E-state index in [4.69, 9.17) is 0 Å². The molecule has 3 aliphatic rings. The van der Waals surface area contributed by atoms with Crippen molar-refractivity contribution in [2.24, 2.45) is 23.7 Å². The Kier molecular flexibility index (Phi) is 4.83. The van der Waals surface area contributed by atoms with Crippen LogP contribution in [0.25, 0.3) is 11.3 Å². The molecular weight excluding hydrogens is 360 g/mol. The van der Waals surface area contributed by atoms with Crippen LogP contribution < -0.4 is 5.32 Å². The van der Waals surface area contributed by atoms with Crippen molar-refractivity contribution in [3.05, 3.63) is 47.4 Å². The van der Waals surface area contributed by atoms with E-state index in [1.165, 1.54) is 11.3 Å². The van der Waals surface area contributed by atoms with Gasteiger partial charge >= 0.3 is 5.97 Å². The zero-order valence-corrected chi connectivity index (χ0v) is 15.9. The third kappa shape index (κ3) is 3.30. The Hall–Kier alpha value is -2.47. The number of anilines is 1. The van der Waals surface area contributed by atoms with E-state index in [-0.39, 0.29) is 17.7 Å². The van der Waals surface area contributed by atoms with E-state index >= 15 is 0 Å². The lowest BCUT2D eigenvalue weighted by atomic mass is 9.62. The molecular formula is C21H22N2O3S. The molecule has 0 spiro atoms. The van der Waals surface area contributed by atoms with E-state index in [0.29, 0.717) is 5.13 Å². The number of hydrogen-bond acceptors (Lipinski definition) is 4. The van der Waals surface area contributed by atoms with Gasteiger partial charge in [0.25, 0.3) is 0 Å². The number of thiazole rings is 1. The summed E-state index contributed by atoms with van der Waals surface area (Å²) in [5, 5.41) is 13.1. The van der Waals surface area contributed by atoms with Crippen LogP contribution in [0.15, 0.2) is 42.5 Å². The highest BCUT2D eigenvalue weighted by molar-refractivity contribution is 7.16. The quantitative estimate of drug-likeness (QED) is 0.759. The van der Waals surface area contributed by atoms with Gasteiger partial charge in [0.1, 0.15) is 0 Å². The van der Waals surface area contributed by atoms with Crippen LogP contribution in [0, 0.1) is 23.7 Å². The van der Waals surface area contributed by atoms with E-state index in [9.17, 15) is 14.7 Å². The molecule has 1 amide bonds. The lowest BCUT2D eigenvalue weighted by molar-refractivity contribution is -0.151. The van der Waals surface area contributed by atoms with Gasteiger partial charge in [0.05, 0.1) is 17.5 Å². The van der Waals surface area contributed by atoms with Gasteiger partial charge < -0.3 is 10.4 Å². The Balaban J connectivity index is 1.59. The number of allylic oxidation sites excluding steroid dienone is 2. The van der Waals surface area contributed by atoms with Crippen LogP contribution in [0.3, 0.4) is 0 Å². The highest BCUT2D eigenvalue weighted by Crippen LogP contribution is 2.45. The minimum absolute atomic E-state index is 0.00435. The van der Waals surface area contributed by atoms with Crippen LogP contribution in [0.2, 0.25) is 0 Å². The number of hydrogen-bond donors (Lipinski definition) is 2. The maximum atomic E-state index is 13.0. The lowest BCUT2D eigenvalue weighted by Crippen LogP contribution is -2.47. The molecule has 2 bridgehead atoms. The summed E-state index contributed by atoms with van der Waals surface area (Å²) in [6.45, 7) is 2.07. The molecule has 0 radical (unpaired) electrons. The highest BCUT2D eigenvalue weighted by atomic mass is 32.1. The average Bonchev–Trinajstić information content (AvgIpc) is 3.11. The molecule has 5 nitrogen and oxygen atoms in total. The Morgan fingerprint density at radius 3 is 2.41 bits per heavy atom. The SMILES string of the molecule is CCc1sc(NC(=O)[C@@H]2[C@@H](C(=O)O)[C@H]3C=C[C@@H]2CC3)nc1-c1ccccc1. The van der Waals surface area contributed by atoms with Crippen molar-refractivity contribution in [3.63, 3.8) is 0 Å². The molecule has 4 atom stereocenters. The second-order valence-corrected chi connectivity index (χ2v) is 8.26. The molecule has 1 heterocycles. The summed E-state index contributed by atoms with van der Waals surface area (Å²) in [6.07, 6.45) is 6.54. The molecule has 6 heteroatoms. The minimum Gasteiger partial charge on any atom is -0.481 e. The number of carbonyl (C=O) groups excluding carboxylic acids is 1. The Bertz CT molecular complexity index is 890. The van der Waals surface area contributed by atoms with E-state index < -0.39 is 17.8 Å². The van der Waals surface area contributed by atoms with Gasteiger partial charge in [0.15, 0.2) is 5.13 Å². The van der Waals surface area contributed by atoms with Crippen LogP contribution in [0.4, 0.5) is 5.13 Å². The van der Waals surface area contributed by atoms with Gasteiger partial charge in [-0.3, -0.25) is 9.59 Å². The number of aromatic nitrogens is 1. The molecule has 1 fully saturated rings. The minimum atomic E-state index is -0.882. The van der Waals surface area contributed by atoms with Crippen molar-refractivity contribution in [1.82, 2.24) is 4.98 Å². The van der Waals surface area contributed by atoms with Crippen LogP contribution in [0.1, 0.15) is 24.6 Å². The third-order valence-corrected chi connectivity index (χ3v) is 6.75. The van der Waals surface area contributed by atoms with E-state index in [1.807, 2.05) is 42.5 Å².